The van der Waals surface area contributed by atoms with E-state index in [1.807, 2.05) is 0 Å². The van der Waals surface area contributed by atoms with Crippen LogP contribution >= 0.6 is 0 Å². The summed E-state index contributed by atoms with van der Waals surface area (Å²) in [5.41, 5.74) is -0.0218. The Bertz CT molecular complexity index is 428. The normalized spacial score (nSPS) is 20.5. The predicted molar refractivity (Wildman–Crippen MR) is 93.0 cm³/mol. The first kappa shape index (κ1) is 18.8. The van der Waals surface area contributed by atoms with E-state index in [-0.39, 0.29) is 23.7 Å². The molecule has 0 unspecified atom stereocenters. The van der Waals surface area contributed by atoms with Gasteiger partial charge in [0, 0.05) is 31.2 Å². The van der Waals surface area contributed by atoms with Gasteiger partial charge < -0.3 is 20.3 Å². The van der Waals surface area contributed by atoms with Crippen LogP contribution in [-0.2, 0) is 4.74 Å². The van der Waals surface area contributed by atoms with E-state index in [9.17, 15) is 9.59 Å². The van der Waals surface area contributed by atoms with E-state index in [2.05, 4.69) is 29.4 Å². The molecule has 138 valence electrons. The molecular formula is C17H32N4O3. The summed E-state index contributed by atoms with van der Waals surface area (Å²) in [5.74, 6) is 0. The smallest absolute Gasteiger partial charge is 0.409 e. The van der Waals surface area contributed by atoms with E-state index in [1.165, 1.54) is 26.4 Å². The van der Waals surface area contributed by atoms with Gasteiger partial charge in [-0.15, -0.1) is 0 Å². The molecule has 2 N–H and O–H groups in total. The number of carbonyl (C=O) groups excluding carboxylic acids is 2. The van der Waals surface area contributed by atoms with Crippen LogP contribution in [0.15, 0.2) is 0 Å². The summed E-state index contributed by atoms with van der Waals surface area (Å²) in [6, 6.07) is 0.000563. The Kier molecular flexibility index (Phi) is 6.71. The second kappa shape index (κ2) is 8.55. The van der Waals surface area contributed by atoms with Crippen molar-refractivity contribution in [2.45, 2.75) is 57.5 Å². The fourth-order valence-electron chi connectivity index (χ4n) is 3.48. The van der Waals surface area contributed by atoms with Crippen LogP contribution in [0.5, 0.6) is 0 Å². The number of likely N-dealkylation sites (tertiary alicyclic amines) is 2. The molecule has 7 nitrogen and oxygen atoms in total. The summed E-state index contributed by atoms with van der Waals surface area (Å²) in [6.45, 7) is 8.49. The molecule has 0 saturated carbocycles. The second-order valence-corrected chi connectivity index (χ2v) is 7.42. The second-order valence-electron chi connectivity index (χ2n) is 7.42. The fourth-order valence-corrected chi connectivity index (χ4v) is 3.48. The van der Waals surface area contributed by atoms with E-state index in [1.54, 1.807) is 4.90 Å². The van der Waals surface area contributed by atoms with Crippen LogP contribution < -0.4 is 10.6 Å². The van der Waals surface area contributed by atoms with E-state index in [4.69, 9.17) is 4.74 Å². The van der Waals surface area contributed by atoms with Crippen molar-refractivity contribution in [1.29, 1.82) is 0 Å². The molecular weight excluding hydrogens is 308 g/mol. The molecule has 3 amide bonds. The fraction of sp³-hybridized carbons (Fsp3) is 0.882. The maximum Gasteiger partial charge on any atom is 0.409 e. The first-order chi connectivity index (χ1) is 11.4. The van der Waals surface area contributed by atoms with Gasteiger partial charge in [0.15, 0.2) is 0 Å². The van der Waals surface area contributed by atoms with Gasteiger partial charge in [0.2, 0.25) is 0 Å². The zero-order chi connectivity index (χ0) is 17.6. The molecule has 0 aromatic heterocycles. The number of carbonyl (C=O) groups is 2. The molecule has 0 aromatic rings. The molecule has 7 heteroatoms. The molecule has 0 radical (unpaired) electrons. The Morgan fingerprint density at radius 2 is 1.71 bits per heavy atom. The molecule has 2 fully saturated rings. The quantitative estimate of drug-likeness (QED) is 0.818. The van der Waals surface area contributed by atoms with E-state index in [0.29, 0.717) is 19.6 Å². The number of nitrogens with zero attached hydrogens (tertiary/aromatic N) is 2. The third kappa shape index (κ3) is 5.26. The van der Waals surface area contributed by atoms with Crippen LogP contribution in [0.2, 0.25) is 0 Å². The number of urea groups is 1. The molecule has 2 heterocycles. The standard InChI is InChI=1S/C17H32N4O3/c1-17(2,21-9-5-4-6-10-21)13-18-15(22)19-14-7-11-20(12-8-14)16(23)24-3/h14H,4-13H2,1-3H3,(H2,18,19,22). The van der Waals surface area contributed by atoms with Gasteiger partial charge in [0.25, 0.3) is 0 Å². The van der Waals surface area contributed by atoms with Gasteiger partial charge in [-0.3, -0.25) is 4.90 Å². The van der Waals surface area contributed by atoms with Crippen molar-refractivity contribution >= 4 is 12.1 Å². The van der Waals surface area contributed by atoms with Crippen molar-refractivity contribution in [3.8, 4) is 0 Å². The largest absolute Gasteiger partial charge is 0.453 e. The van der Waals surface area contributed by atoms with Crippen LogP contribution in [0.1, 0.15) is 46.0 Å². The van der Waals surface area contributed by atoms with Gasteiger partial charge in [0.05, 0.1) is 7.11 Å². The van der Waals surface area contributed by atoms with Crippen molar-refractivity contribution in [2.75, 3.05) is 39.8 Å². The van der Waals surface area contributed by atoms with Gasteiger partial charge >= 0.3 is 12.1 Å². The van der Waals surface area contributed by atoms with E-state index >= 15 is 0 Å². The number of methoxy groups -OCH3 is 1. The molecule has 0 spiro atoms. The molecule has 0 aromatic carbocycles. The number of piperidine rings is 2. The van der Waals surface area contributed by atoms with Crippen LogP contribution in [0.3, 0.4) is 0 Å². The zero-order valence-electron chi connectivity index (χ0n) is 15.3. The van der Waals surface area contributed by atoms with Crippen LogP contribution in [0.25, 0.3) is 0 Å². The topological polar surface area (TPSA) is 73.9 Å². The van der Waals surface area contributed by atoms with Crippen molar-refractivity contribution in [3.05, 3.63) is 0 Å². The Labute approximate surface area is 145 Å². The SMILES string of the molecule is COC(=O)N1CCC(NC(=O)NCC(C)(C)N2CCCCC2)CC1. The third-order valence-corrected chi connectivity index (χ3v) is 5.16. The number of ether oxygens (including phenoxy) is 1. The highest BCUT2D eigenvalue weighted by Gasteiger charge is 2.29. The minimum atomic E-state index is -0.291. The Morgan fingerprint density at radius 3 is 2.29 bits per heavy atom. The molecule has 0 aliphatic carbocycles. The zero-order valence-corrected chi connectivity index (χ0v) is 15.3. The predicted octanol–water partition coefficient (Wildman–Crippen LogP) is 1.78. The minimum Gasteiger partial charge on any atom is -0.453 e. The maximum absolute atomic E-state index is 12.2. The van der Waals surface area contributed by atoms with Gasteiger partial charge in [-0.1, -0.05) is 6.42 Å². The van der Waals surface area contributed by atoms with Crippen molar-refractivity contribution in [1.82, 2.24) is 20.4 Å². The Hall–Kier alpha value is -1.50. The molecule has 2 aliphatic rings. The average Bonchev–Trinajstić information content (AvgIpc) is 2.61. The summed E-state index contributed by atoms with van der Waals surface area (Å²) in [4.78, 5) is 27.8. The molecule has 0 bridgehead atoms. The monoisotopic (exact) mass is 340 g/mol. The van der Waals surface area contributed by atoms with Crippen LogP contribution in [-0.4, -0.2) is 73.3 Å². The lowest BCUT2D eigenvalue weighted by Gasteiger charge is -2.41. The number of hydrogen-bond donors (Lipinski definition) is 2. The van der Waals surface area contributed by atoms with Crippen LogP contribution in [0.4, 0.5) is 9.59 Å². The lowest BCUT2D eigenvalue weighted by molar-refractivity contribution is 0.0952. The van der Waals surface area contributed by atoms with Gasteiger partial charge in [-0.05, 0) is 52.6 Å². The molecule has 2 aliphatic heterocycles. The highest BCUT2D eigenvalue weighted by molar-refractivity contribution is 5.74. The highest BCUT2D eigenvalue weighted by Crippen LogP contribution is 2.19. The van der Waals surface area contributed by atoms with Crippen LogP contribution in [0, 0.1) is 0 Å². The van der Waals surface area contributed by atoms with Gasteiger partial charge in [0.1, 0.15) is 0 Å². The first-order valence-electron chi connectivity index (χ1n) is 9.05. The summed E-state index contributed by atoms with van der Waals surface area (Å²) in [5, 5.41) is 6.04. The highest BCUT2D eigenvalue weighted by atomic mass is 16.5. The number of amides is 3. The summed E-state index contributed by atoms with van der Waals surface area (Å²) in [6.07, 6.45) is 5.03. The average molecular weight is 340 g/mol. The summed E-state index contributed by atoms with van der Waals surface area (Å²) < 4.78 is 4.72. The first-order valence-corrected chi connectivity index (χ1v) is 9.05. The maximum atomic E-state index is 12.2. The van der Waals surface area contributed by atoms with Gasteiger partial charge in [-0.2, -0.15) is 0 Å². The number of rotatable bonds is 4. The van der Waals surface area contributed by atoms with Crippen molar-refractivity contribution in [2.24, 2.45) is 0 Å². The molecule has 24 heavy (non-hydrogen) atoms. The molecule has 2 rings (SSSR count). The van der Waals surface area contributed by atoms with Gasteiger partial charge in [-0.25, -0.2) is 9.59 Å². The lowest BCUT2D eigenvalue weighted by Crippen LogP contribution is -2.56. The molecule has 2 saturated heterocycles. The van der Waals surface area contributed by atoms with E-state index < -0.39 is 0 Å². The summed E-state index contributed by atoms with van der Waals surface area (Å²) >= 11 is 0. The van der Waals surface area contributed by atoms with Crippen molar-refractivity contribution in [3.63, 3.8) is 0 Å². The number of nitrogens with one attached hydrogen (secondary N) is 2. The summed E-state index contributed by atoms with van der Waals surface area (Å²) in [7, 11) is 1.39. The van der Waals surface area contributed by atoms with E-state index in [0.717, 1.165) is 25.9 Å². The lowest BCUT2D eigenvalue weighted by atomic mass is 9.98. The Morgan fingerprint density at radius 1 is 1.08 bits per heavy atom. The third-order valence-electron chi connectivity index (χ3n) is 5.16. The minimum absolute atomic E-state index is 0.0218. The van der Waals surface area contributed by atoms with Crippen molar-refractivity contribution < 1.29 is 14.3 Å². The molecule has 0 atom stereocenters. The Balaban J connectivity index is 1.69. The number of hydrogen-bond acceptors (Lipinski definition) is 4.